The number of nitrogens with one attached hydrogen (secondary N) is 2. The number of hydrogen-bond donors (Lipinski definition) is 2. The maximum absolute atomic E-state index is 13.5. The van der Waals surface area contributed by atoms with Crippen molar-refractivity contribution < 1.29 is 4.79 Å². The average Bonchev–Trinajstić information content (AvgIpc) is 3.12. The smallest absolute Gasteiger partial charge is 0.255 e. The van der Waals surface area contributed by atoms with Gasteiger partial charge in [0.1, 0.15) is 0 Å². The number of allylic oxidation sites excluding steroid dienone is 1. The van der Waals surface area contributed by atoms with E-state index in [0.717, 1.165) is 39.5 Å². The normalized spacial score (nSPS) is 15.6. The van der Waals surface area contributed by atoms with Crippen LogP contribution in [0.5, 0.6) is 0 Å². The van der Waals surface area contributed by atoms with Crippen LogP contribution in [0.2, 0.25) is 0 Å². The van der Waals surface area contributed by atoms with Gasteiger partial charge in [0.25, 0.3) is 5.91 Å². The Morgan fingerprint density at radius 3 is 2.50 bits per heavy atom. The molecule has 0 unspecified atom stereocenters. The van der Waals surface area contributed by atoms with Crippen molar-refractivity contribution in [2.45, 2.75) is 19.9 Å². The quantitative estimate of drug-likeness (QED) is 0.529. The third-order valence-electron chi connectivity index (χ3n) is 5.41. The van der Waals surface area contributed by atoms with Crippen LogP contribution in [0.4, 0.5) is 11.6 Å². The van der Waals surface area contributed by atoms with E-state index in [2.05, 4.69) is 20.2 Å². The number of carbonyl (C=O) groups is 1. The zero-order valence-electron chi connectivity index (χ0n) is 16.8. The summed E-state index contributed by atoms with van der Waals surface area (Å²) < 4.78 is 2.09. The van der Waals surface area contributed by atoms with E-state index in [1.807, 2.05) is 74.5 Å². The second-order valence-electron chi connectivity index (χ2n) is 7.46. The largest absolute Gasteiger partial charge is 0.329 e. The molecule has 1 aliphatic rings. The summed E-state index contributed by atoms with van der Waals surface area (Å²) in [5.41, 5.74) is 6.17. The van der Waals surface area contributed by atoms with Crippen molar-refractivity contribution in [2.24, 2.45) is 0 Å². The van der Waals surface area contributed by atoms with Crippen LogP contribution in [0, 0.1) is 6.92 Å². The van der Waals surface area contributed by atoms with Gasteiger partial charge in [0.05, 0.1) is 22.6 Å². The van der Waals surface area contributed by atoms with Crippen molar-refractivity contribution >= 4 is 28.6 Å². The van der Waals surface area contributed by atoms with Gasteiger partial charge < -0.3 is 10.6 Å². The number of para-hydroxylation sites is 2. The molecule has 0 fully saturated rings. The van der Waals surface area contributed by atoms with Crippen molar-refractivity contribution in [2.75, 3.05) is 10.6 Å². The summed E-state index contributed by atoms with van der Waals surface area (Å²) in [6.07, 6.45) is 3.50. The molecule has 2 N–H and O–H groups in total. The Labute approximate surface area is 174 Å². The molecule has 3 heterocycles. The summed E-state index contributed by atoms with van der Waals surface area (Å²) in [4.78, 5) is 22.3. The average molecular weight is 395 g/mol. The highest BCUT2D eigenvalue weighted by atomic mass is 16.1. The number of carbonyl (C=O) groups excluding carboxylic acids is 1. The van der Waals surface area contributed by atoms with Crippen LogP contribution in [0.25, 0.3) is 11.0 Å². The third-order valence-corrected chi connectivity index (χ3v) is 5.41. The number of fused-ring (bicyclic) bond motifs is 3. The predicted octanol–water partition coefficient (Wildman–Crippen LogP) is 4.67. The van der Waals surface area contributed by atoms with Crippen molar-refractivity contribution in [3.05, 3.63) is 95.5 Å². The van der Waals surface area contributed by atoms with E-state index in [9.17, 15) is 4.79 Å². The summed E-state index contributed by atoms with van der Waals surface area (Å²) in [6, 6.07) is 19.3. The molecule has 30 heavy (non-hydrogen) atoms. The van der Waals surface area contributed by atoms with Gasteiger partial charge >= 0.3 is 0 Å². The highest BCUT2D eigenvalue weighted by Gasteiger charge is 2.34. The van der Waals surface area contributed by atoms with Gasteiger partial charge in [-0.3, -0.25) is 14.3 Å². The molecule has 4 aromatic rings. The van der Waals surface area contributed by atoms with Crippen LogP contribution in [0.15, 0.2) is 84.3 Å². The Bertz CT molecular complexity index is 1270. The third kappa shape index (κ3) is 3.03. The minimum atomic E-state index is -0.318. The molecule has 6 nitrogen and oxygen atoms in total. The Balaban J connectivity index is 1.65. The number of anilines is 2. The topological polar surface area (TPSA) is 71.8 Å². The zero-order valence-corrected chi connectivity index (χ0v) is 16.8. The van der Waals surface area contributed by atoms with E-state index in [4.69, 9.17) is 4.98 Å². The Morgan fingerprint density at radius 1 is 1.00 bits per heavy atom. The van der Waals surface area contributed by atoms with E-state index in [1.54, 1.807) is 12.4 Å². The molecular formula is C24H21N5O. The van der Waals surface area contributed by atoms with Gasteiger partial charge in [0, 0.05) is 23.8 Å². The number of aromatic nitrogens is 3. The van der Waals surface area contributed by atoms with Crippen molar-refractivity contribution in [3.63, 3.8) is 0 Å². The van der Waals surface area contributed by atoms with E-state index >= 15 is 0 Å². The molecule has 5 rings (SSSR count). The number of benzene rings is 2. The fourth-order valence-corrected chi connectivity index (χ4v) is 3.95. The Morgan fingerprint density at radius 2 is 1.73 bits per heavy atom. The molecule has 0 aliphatic carbocycles. The lowest BCUT2D eigenvalue weighted by atomic mass is 9.95. The fraction of sp³-hybridized carbons (Fsp3) is 0.125. The first-order valence-electron chi connectivity index (χ1n) is 9.84. The van der Waals surface area contributed by atoms with Gasteiger partial charge in [-0.15, -0.1) is 0 Å². The van der Waals surface area contributed by atoms with Crippen molar-refractivity contribution in [3.8, 4) is 0 Å². The number of hydrogen-bond acceptors (Lipinski definition) is 4. The summed E-state index contributed by atoms with van der Waals surface area (Å²) >= 11 is 0. The predicted molar refractivity (Wildman–Crippen MR) is 118 cm³/mol. The highest BCUT2D eigenvalue weighted by molar-refractivity contribution is 6.06. The van der Waals surface area contributed by atoms with Gasteiger partial charge in [-0.2, -0.15) is 0 Å². The molecule has 6 heteroatoms. The number of amides is 1. The van der Waals surface area contributed by atoms with Gasteiger partial charge in [0.15, 0.2) is 0 Å². The van der Waals surface area contributed by atoms with E-state index in [-0.39, 0.29) is 11.9 Å². The summed E-state index contributed by atoms with van der Waals surface area (Å²) in [6.45, 7) is 3.94. The number of pyridine rings is 1. The van der Waals surface area contributed by atoms with E-state index in [1.165, 1.54) is 0 Å². The highest BCUT2D eigenvalue weighted by Crippen LogP contribution is 2.39. The molecule has 0 spiro atoms. The van der Waals surface area contributed by atoms with Gasteiger partial charge in [-0.05, 0) is 55.8 Å². The zero-order chi connectivity index (χ0) is 20.7. The summed E-state index contributed by atoms with van der Waals surface area (Å²) in [5, 5.41) is 6.38. The van der Waals surface area contributed by atoms with E-state index < -0.39 is 0 Å². The second-order valence-corrected chi connectivity index (χ2v) is 7.46. The lowest BCUT2D eigenvalue weighted by molar-refractivity contribution is -0.113. The summed E-state index contributed by atoms with van der Waals surface area (Å²) in [7, 11) is 0. The lowest BCUT2D eigenvalue weighted by Crippen LogP contribution is -2.30. The molecule has 0 saturated heterocycles. The lowest BCUT2D eigenvalue weighted by Gasteiger charge is -2.30. The fourth-order valence-electron chi connectivity index (χ4n) is 3.95. The van der Waals surface area contributed by atoms with Crippen LogP contribution >= 0.6 is 0 Å². The summed E-state index contributed by atoms with van der Waals surface area (Å²) in [5.74, 6) is 0.580. The Kier molecular flexibility index (Phi) is 4.32. The van der Waals surface area contributed by atoms with Crippen LogP contribution in [0.1, 0.15) is 24.1 Å². The molecule has 2 aromatic carbocycles. The molecule has 148 valence electrons. The van der Waals surface area contributed by atoms with Gasteiger partial charge in [-0.25, -0.2) is 4.98 Å². The number of imidazole rings is 1. The molecule has 1 amide bonds. The van der Waals surface area contributed by atoms with Gasteiger partial charge in [0.2, 0.25) is 5.95 Å². The second kappa shape index (κ2) is 7.15. The minimum absolute atomic E-state index is 0.144. The van der Waals surface area contributed by atoms with Crippen LogP contribution in [-0.4, -0.2) is 20.4 Å². The molecule has 0 radical (unpaired) electrons. The number of aryl methyl sites for hydroxylation is 1. The Hall–Kier alpha value is -3.93. The first kappa shape index (κ1) is 18.1. The molecule has 0 saturated carbocycles. The van der Waals surface area contributed by atoms with Crippen molar-refractivity contribution in [1.29, 1.82) is 0 Å². The maximum atomic E-state index is 13.5. The molecule has 1 atom stereocenters. The first-order valence-corrected chi connectivity index (χ1v) is 9.84. The van der Waals surface area contributed by atoms with Crippen LogP contribution in [-0.2, 0) is 4.79 Å². The monoisotopic (exact) mass is 395 g/mol. The maximum Gasteiger partial charge on any atom is 0.255 e. The standard InChI is InChI=1S/C24H21N5O/c1-15-7-9-18(10-8-15)27-23(30)21-16(2)26-24-28-19-5-3-4-6-20(19)29(24)22(21)17-11-13-25-14-12-17/h3-14,22H,1-2H3,(H,26,28)(H,27,30)/t22-/m1/s1. The minimum Gasteiger partial charge on any atom is -0.329 e. The van der Waals surface area contributed by atoms with Crippen LogP contribution in [0.3, 0.4) is 0 Å². The van der Waals surface area contributed by atoms with Gasteiger partial charge in [-0.1, -0.05) is 29.8 Å². The first-order chi connectivity index (χ1) is 14.6. The molecule has 0 bridgehead atoms. The SMILES string of the molecule is CC1=C(C(=O)Nc2ccc(C)cc2)[C@@H](c2ccncc2)n2c(nc3ccccc32)N1. The molecule has 1 aliphatic heterocycles. The number of nitrogens with zero attached hydrogens (tertiary/aromatic N) is 3. The molecular weight excluding hydrogens is 374 g/mol. The van der Waals surface area contributed by atoms with Crippen molar-refractivity contribution in [1.82, 2.24) is 14.5 Å². The van der Waals surface area contributed by atoms with E-state index in [0.29, 0.717) is 5.57 Å². The van der Waals surface area contributed by atoms with Crippen LogP contribution < -0.4 is 10.6 Å². The molecule has 2 aromatic heterocycles. The number of rotatable bonds is 3.